The van der Waals surface area contributed by atoms with E-state index < -0.39 is 0 Å². The van der Waals surface area contributed by atoms with Crippen molar-refractivity contribution in [2.75, 3.05) is 7.05 Å². The SMILES string of the molecule is Cc1nc(CN(C)C(c2ccc(Cl)cc2)c2cnccn2)c(C)[nH]1. The molecule has 3 rings (SSSR count). The lowest BCUT2D eigenvalue weighted by Crippen LogP contribution is -2.26. The lowest BCUT2D eigenvalue weighted by Gasteiger charge is -2.27. The molecule has 6 heteroatoms. The van der Waals surface area contributed by atoms with Crippen LogP contribution < -0.4 is 0 Å². The highest BCUT2D eigenvalue weighted by molar-refractivity contribution is 6.30. The van der Waals surface area contributed by atoms with Gasteiger partial charge in [0.05, 0.1) is 23.6 Å². The van der Waals surface area contributed by atoms with E-state index in [4.69, 9.17) is 11.6 Å². The lowest BCUT2D eigenvalue weighted by atomic mass is 10.0. The Hall–Kier alpha value is -2.24. The molecule has 1 aromatic carbocycles. The smallest absolute Gasteiger partial charge is 0.103 e. The van der Waals surface area contributed by atoms with Crippen LogP contribution in [0.25, 0.3) is 0 Å². The zero-order valence-electron chi connectivity index (χ0n) is 14.0. The van der Waals surface area contributed by atoms with Gasteiger partial charge in [-0.2, -0.15) is 0 Å². The highest BCUT2D eigenvalue weighted by Crippen LogP contribution is 2.28. The number of nitrogens with one attached hydrogen (secondary N) is 1. The Morgan fingerprint density at radius 2 is 1.92 bits per heavy atom. The van der Waals surface area contributed by atoms with Gasteiger partial charge in [-0.1, -0.05) is 23.7 Å². The van der Waals surface area contributed by atoms with Crippen molar-refractivity contribution in [2.24, 2.45) is 0 Å². The number of halogens is 1. The van der Waals surface area contributed by atoms with Crippen LogP contribution in [0, 0.1) is 13.8 Å². The van der Waals surface area contributed by atoms with Crippen LogP contribution in [0.3, 0.4) is 0 Å². The van der Waals surface area contributed by atoms with Gasteiger partial charge in [0.15, 0.2) is 0 Å². The summed E-state index contributed by atoms with van der Waals surface area (Å²) < 4.78 is 0. The van der Waals surface area contributed by atoms with E-state index in [1.807, 2.05) is 38.1 Å². The van der Waals surface area contributed by atoms with Gasteiger partial charge in [0.1, 0.15) is 5.82 Å². The summed E-state index contributed by atoms with van der Waals surface area (Å²) in [5.41, 5.74) is 4.14. The average molecular weight is 342 g/mol. The van der Waals surface area contributed by atoms with Crippen LogP contribution in [-0.2, 0) is 6.54 Å². The van der Waals surface area contributed by atoms with Crippen molar-refractivity contribution in [3.05, 3.63) is 76.3 Å². The summed E-state index contributed by atoms with van der Waals surface area (Å²) in [6, 6.07) is 7.84. The Bertz CT molecular complexity index is 798. The second-order valence-corrected chi connectivity index (χ2v) is 6.33. The number of rotatable bonds is 5. The fourth-order valence-electron chi connectivity index (χ4n) is 2.89. The van der Waals surface area contributed by atoms with E-state index in [0.29, 0.717) is 6.54 Å². The second kappa shape index (κ2) is 7.11. The minimum absolute atomic E-state index is 0.0210. The Morgan fingerprint density at radius 1 is 1.17 bits per heavy atom. The van der Waals surface area contributed by atoms with Gasteiger partial charge >= 0.3 is 0 Å². The van der Waals surface area contributed by atoms with Gasteiger partial charge < -0.3 is 4.98 Å². The molecule has 2 heterocycles. The summed E-state index contributed by atoms with van der Waals surface area (Å²) in [6.07, 6.45) is 5.21. The maximum atomic E-state index is 6.04. The maximum absolute atomic E-state index is 6.04. The van der Waals surface area contributed by atoms with Crippen molar-refractivity contribution < 1.29 is 0 Å². The fraction of sp³-hybridized carbons (Fsp3) is 0.278. The quantitative estimate of drug-likeness (QED) is 0.769. The van der Waals surface area contributed by atoms with E-state index in [9.17, 15) is 0 Å². The van der Waals surface area contributed by atoms with Gasteiger partial charge in [-0.05, 0) is 38.6 Å². The van der Waals surface area contributed by atoms with E-state index in [1.165, 1.54) is 0 Å². The van der Waals surface area contributed by atoms with Crippen molar-refractivity contribution in [1.29, 1.82) is 0 Å². The molecule has 0 aliphatic carbocycles. The van der Waals surface area contributed by atoms with Crippen molar-refractivity contribution in [2.45, 2.75) is 26.4 Å². The van der Waals surface area contributed by atoms with Crippen LogP contribution in [0.2, 0.25) is 5.02 Å². The van der Waals surface area contributed by atoms with Crippen molar-refractivity contribution in [3.63, 3.8) is 0 Å². The van der Waals surface area contributed by atoms with Crippen LogP contribution in [-0.4, -0.2) is 31.9 Å². The first-order chi connectivity index (χ1) is 11.5. The molecule has 0 bridgehead atoms. The highest BCUT2D eigenvalue weighted by atomic mass is 35.5. The van der Waals surface area contributed by atoms with Crippen molar-refractivity contribution in [1.82, 2.24) is 24.8 Å². The molecular formula is C18H20ClN5. The van der Waals surface area contributed by atoms with Crippen LogP contribution in [0.1, 0.15) is 34.5 Å². The summed E-state index contributed by atoms with van der Waals surface area (Å²) in [5.74, 6) is 0.929. The number of aryl methyl sites for hydroxylation is 2. The van der Waals surface area contributed by atoms with E-state index in [1.54, 1.807) is 18.6 Å². The van der Waals surface area contributed by atoms with Gasteiger partial charge in [-0.15, -0.1) is 0 Å². The fourth-order valence-corrected chi connectivity index (χ4v) is 3.01. The molecule has 5 nitrogen and oxygen atoms in total. The van der Waals surface area contributed by atoms with Crippen LogP contribution in [0.4, 0.5) is 0 Å². The number of nitrogens with zero attached hydrogens (tertiary/aromatic N) is 4. The monoisotopic (exact) mass is 341 g/mol. The summed E-state index contributed by atoms with van der Waals surface area (Å²) >= 11 is 6.04. The molecular weight excluding hydrogens is 322 g/mol. The molecule has 0 spiro atoms. The van der Waals surface area contributed by atoms with Gasteiger partial charge in [0, 0.05) is 29.7 Å². The van der Waals surface area contributed by atoms with Gasteiger partial charge in [0.25, 0.3) is 0 Å². The van der Waals surface area contributed by atoms with Crippen molar-refractivity contribution >= 4 is 11.6 Å². The number of aromatic nitrogens is 4. The van der Waals surface area contributed by atoms with Gasteiger partial charge in [0.2, 0.25) is 0 Å². The number of H-pyrrole nitrogens is 1. The minimum Gasteiger partial charge on any atom is -0.346 e. The summed E-state index contributed by atoms with van der Waals surface area (Å²) in [6.45, 7) is 4.72. The summed E-state index contributed by atoms with van der Waals surface area (Å²) in [4.78, 5) is 18.8. The number of aromatic amines is 1. The van der Waals surface area contributed by atoms with E-state index >= 15 is 0 Å². The minimum atomic E-state index is -0.0210. The number of benzene rings is 1. The van der Waals surface area contributed by atoms with E-state index in [2.05, 4.69) is 31.9 Å². The lowest BCUT2D eigenvalue weighted by molar-refractivity contribution is 0.262. The Kier molecular flexibility index (Phi) is 4.92. The van der Waals surface area contributed by atoms with Crippen LogP contribution in [0.5, 0.6) is 0 Å². The van der Waals surface area contributed by atoms with E-state index in [0.717, 1.165) is 33.5 Å². The Labute approximate surface area is 146 Å². The van der Waals surface area contributed by atoms with E-state index in [-0.39, 0.29) is 6.04 Å². The molecule has 24 heavy (non-hydrogen) atoms. The molecule has 3 aromatic rings. The third kappa shape index (κ3) is 3.63. The molecule has 0 aliphatic heterocycles. The third-order valence-corrected chi connectivity index (χ3v) is 4.24. The zero-order valence-corrected chi connectivity index (χ0v) is 14.7. The van der Waals surface area contributed by atoms with Crippen LogP contribution in [0.15, 0.2) is 42.9 Å². The second-order valence-electron chi connectivity index (χ2n) is 5.89. The molecule has 0 saturated carbocycles. The molecule has 0 saturated heterocycles. The number of imidazole rings is 1. The Morgan fingerprint density at radius 3 is 2.50 bits per heavy atom. The molecule has 1 unspecified atom stereocenters. The van der Waals surface area contributed by atoms with Gasteiger partial charge in [-0.25, -0.2) is 4.98 Å². The standard InChI is InChI=1S/C18H20ClN5/c1-12-17(23-13(2)22-12)11-24(3)18(16-10-20-8-9-21-16)14-4-6-15(19)7-5-14/h4-10,18H,11H2,1-3H3,(H,22,23). The largest absolute Gasteiger partial charge is 0.346 e. The summed E-state index contributed by atoms with van der Waals surface area (Å²) in [5, 5.41) is 0.720. The highest BCUT2D eigenvalue weighted by Gasteiger charge is 2.22. The topological polar surface area (TPSA) is 57.7 Å². The first-order valence-corrected chi connectivity index (χ1v) is 8.16. The zero-order chi connectivity index (χ0) is 17.1. The normalized spacial score (nSPS) is 12.5. The average Bonchev–Trinajstić information content (AvgIpc) is 2.88. The first kappa shape index (κ1) is 16.6. The molecule has 0 aliphatic rings. The molecule has 2 aromatic heterocycles. The van der Waals surface area contributed by atoms with Crippen molar-refractivity contribution in [3.8, 4) is 0 Å². The molecule has 1 N–H and O–H groups in total. The van der Waals surface area contributed by atoms with Crippen LogP contribution >= 0.6 is 11.6 Å². The molecule has 124 valence electrons. The van der Waals surface area contributed by atoms with Gasteiger partial charge in [-0.3, -0.25) is 14.9 Å². The molecule has 0 fully saturated rings. The molecule has 0 amide bonds. The maximum Gasteiger partial charge on any atom is 0.103 e. The summed E-state index contributed by atoms with van der Waals surface area (Å²) in [7, 11) is 2.07. The first-order valence-electron chi connectivity index (χ1n) is 7.78. The Balaban J connectivity index is 1.94. The third-order valence-electron chi connectivity index (χ3n) is 3.99. The number of hydrogen-bond donors (Lipinski definition) is 1. The molecule has 0 radical (unpaired) electrons. The molecule has 1 atom stereocenters. The number of hydrogen-bond acceptors (Lipinski definition) is 4. The predicted octanol–water partition coefficient (Wildman–Crippen LogP) is 3.69. The predicted molar refractivity (Wildman–Crippen MR) is 94.9 cm³/mol.